The highest BCUT2D eigenvalue weighted by atomic mass is 31.1. The van der Waals surface area contributed by atoms with Gasteiger partial charge in [-0.2, -0.15) is 0 Å². The second kappa shape index (κ2) is 27.1. The molecule has 0 aromatic carbocycles. The van der Waals surface area contributed by atoms with Crippen molar-refractivity contribution in [2.75, 3.05) is 59.4 Å². The van der Waals surface area contributed by atoms with Crippen molar-refractivity contribution in [1.29, 1.82) is 0 Å². The number of rotatable bonds is 32. The average molecular weight is 674 g/mol. The Hall–Kier alpha value is -1.81. The smallest absolute Gasteiger partial charge is 0.0858 e. The molecule has 0 aliphatic heterocycles. The predicted molar refractivity (Wildman–Crippen MR) is 213 cm³/mol. The van der Waals surface area contributed by atoms with Crippen molar-refractivity contribution in [2.24, 2.45) is 5.41 Å². The van der Waals surface area contributed by atoms with Gasteiger partial charge in [-0.15, -0.1) is 0 Å². The van der Waals surface area contributed by atoms with E-state index in [4.69, 9.17) is 9.47 Å². The van der Waals surface area contributed by atoms with E-state index in [1.807, 2.05) is 0 Å². The van der Waals surface area contributed by atoms with Crippen LogP contribution in [0, 0.1) is 5.41 Å². The average Bonchev–Trinajstić information content (AvgIpc) is 3.01. The van der Waals surface area contributed by atoms with Crippen LogP contribution in [0.4, 0.5) is 0 Å². The molecule has 0 amide bonds. The van der Waals surface area contributed by atoms with Crippen molar-refractivity contribution >= 4 is 7.92 Å². The van der Waals surface area contributed by atoms with Gasteiger partial charge in [-0.1, -0.05) is 98.0 Å². The zero-order valence-corrected chi connectivity index (χ0v) is 33.1. The van der Waals surface area contributed by atoms with Crippen LogP contribution in [-0.4, -0.2) is 70.3 Å². The number of nitrogens with one attached hydrogen (secondary N) is 2. The van der Waals surface area contributed by atoms with Crippen molar-refractivity contribution in [1.82, 2.24) is 15.5 Å². The zero-order valence-electron chi connectivity index (χ0n) is 32.2. The van der Waals surface area contributed by atoms with Gasteiger partial charge in [-0.25, -0.2) is 0 Å². The number of unbranched alkanes of at least 4 members (excludes halogenated alkanes) is 4. The molecule has 0 rings (SSSR count). The van der Waals surface area contributed by atoms with E-state index in [0.29, 0.717) is 13.2 Å². The van der Waals surface area contributed by atoms with Crippen LogP contribution in [0.2, 0.25) is 0 Å². The van der Waals surface area contributed by atoms with E-state index in [-0.39, 0.29) is 19.4 Å². The van der Waals surface area contributed by atoms with Gasteiger partial charge in [0.1, 0.15) is 0 Å². The fourth-order valence-corrected chi connectivity index (χ4v) is 6.34. The van der Waals surface area contributed by atoms with Crippen molar-refractivity contribution in [2.45, 2.75) is 124 Å². The summed E-state index contributed by atoms with van der Waals surface area (Å²) < 4.78 is 11.7. The quantitative estimate of drug-likeness (QED) is 0.0423. The Morgan fingerprint density at radius 1 is 0.787 bits per heavy atom. The highest BCUT2D eigenvalue weighted by molar-refractivity contribution is 7.61. The van der Waals surface area contributed by atoms with E-state index in [1.165, 1.54) is 35.5 Å². The lowest BCUT2D eigenvalue weighted by atomic mass is 9.85. The molecule has 0 radical (unpaired) electrons. The minimum atomic E-state index is -0.172. The fourth-order valence-electron chi connectivity index (χ4n) is 4.88. The second-order valence-electron chi connectivity index (χ2n) is 14.4. The molecule has 0 aromatic heterocycles. The van der Waals surface area contributed by atoms with E-state index < -0.39 is 0 Å². The number of hydrogen-bond acceptors (Lipinski definition) is 5. The zero-order chi connectivity index (χ0) is 35.7. The maximum absolute atomic E-state index is 5.88. The maximum atomic E-state index is 5.88. The topological polar surface area (TPSA) is 45.8 Å². The summed E-state index contributed by atoms with van der Waals surface area (Å²) in [5.41, 5.74) is 5.99. The lowest BCUT2D eigenvalue weighted by Gasteiger charge is -2.23. The molecule has 0 heterocycles. The Morgan fingerprint density at radius 3 is 2.11 bits per heavy atom. The molecule has 47 heavy (non-hydrogen) atoms. The summed E-state index contributed by atoms with van der Waals surface area (Å²) in [5.74, 6) is 0. The number of hydrogen-bond donors (Lipinski definition) is 2. The molecule has 2 N–H and O–H groups in total. The van der Waals surface area contributed by atoms with Crippen molar-refractivity contribution in [3.8, 4) is 0 Å². The SMILES string of the molecule is C=C(CCCP(C)C(=C)CCC(NC(=C)CCCC)C(=C)C)NCCCCCOCC(=C)N(C)CCOCCCCC(=C)C(C)(C)C. The molecule has 0 aliphatic carbocycles. The van der Waals surface area contributed by atoms with Gasteiger partial charge in [0.2, 0.25) is 0 Å². The monoisotopic (exact) mass is 674 g/mol. The summed E-state index contributed by atoms with van der Waals surface area (Å²) in [7, 11) is 1.89. The summed E-state index contributed by atoms with van der Waals surface area (Å²) in [4.78, 5) is 2.14. The maximum Gasteiger partial charge on any atom is 0.0858 e. The molecule has 2 unspecified atom stereocenters. The Balaban J connectivity index is 3.83. The summed E-state index contributed by atoms with van der Waals surface area (Å²) >= 11 is 0. The van der Waals surface area contributed by atoms with Gasteiger partial charge in [-0.05, 0) is 102 Å². The van der Waals surface area contributed by atoms with Crippen LogP contribution < -0.4 is 10.6 Å². The van der Waals surface area contributed by atoms with Crippen LogP contribution in [-0.2, 0) is 9.47 Å². The molecule has 272 valence electrons. The second-order valence-corrected chi connectivity index (χ2v) is 16.9. The Bertz CT molecular complexity index is 935. The van der Waals surface area contributed by atoms with Crippen molar-refractivity contribution < 1.29 is 9.47 Å². The Labute approximate surface area is 294 Å². The van der Waals surface area contributed by atoms with Crippen molar-refractivity contribution in [3.63, 3.8) is 0 Å². The van der Waals surface area contributed by atoms with Crippen LogP contribution in [0.3, 0.4) is 0 Å². The van der Waals surface area contributed by atoms with Crippen LogP contribution in [0.1, 0.15) is 118 Å². The van der Waals surface area contributed by atoms with E-state index in [1.54, 1.807) is 0 Å². The van der Waals surface area contributed by atoms with Gasteiger partial charge in [0.15, 0.2) is 0 Å². The summed E-state index contributed by atoms with van der Waals surface area (Å²) in [6, 6.07) is 0.289. The molecule has 0 spiro atoms. The molecule has 0 saturated heterocycles. The number of likely N-dealkylation sites (N-methyl/N-ethyl adjacent to an activating group) is 1. The standard InChI is InChI=1S/C41H76N3O2P/c1-14-15-23-37(6)43-40(34(2)3)26-25-39(8)47(13)32-21-24-36(5)42-27-18-16-19-30-46-33-38(7)44(12)28-31-45-29-20-17-22-35(4)41(9,10)11/h40,42-43H,2,4-8,14-33H2,1,3,9-13H3. The Kier molecular flexibility index (Phi) is 26.0. The number of ether oxygens (including phenoxy) is 2. The van der Waals surface area contributed by atoms with Crippen LogP contribution in [0.25, 0.3) is 0 Å². The highest BCUT2D eigenvalue weighted by Crippen LogP contribution is 2.43. The molecule has 0 bridgehead atoms. The van der Waals surface area contributed by atoms with Gasteiger partial charge in [0.05, 0.1) is 13.2 Å². The molecule has 6 heteroatoms. The lowest BCUT2D eigenvalue weighted by molar-refractivity contribution is 0.102. The molecule has 0 aromatic rings. The summed E-state index contributed by atoms with van der Waals surface area (Å²) in [5, 5.41) is 8.53. The summed E-state index contributed by atoms with van der Waals surface area (Å²) in [6.45, 7) is 43.6. The van der Waals surface area contributed by atoms with Gasteiger partial charge in [0.25, 0.3) is 0 Å². The van der Waals surface area contributed by atoms with E-state index >= 15 is 0 Å². The normalized spacial score (nSPS) is 12.7. The summed E-state index contributed by atoms with van der Waals surface area (Å²) in [6.07, 6.45) is 15.5. The van der Waals surface area contributed by atoms with Crippen LogP contribution >= 0.6 is 7.92 Å². The fraction of sp³-hybridized carbons (Fsp3) is 0.707. The van der Waals surface area contributed by atoms with E-state index in [0.717, 1.165) is 114 Å². The minimum Gasteiger partial charge on any atom is -0.389 e. The largest absolute Gasteiger partial charge is 0.389 e. The number of allylic oxidation sites excluding steroid dienone is 4. The first kappa shape index (κ1) is 45.2. The Morgan fingerprint density at radius 2 is 1.45 bits per heavy atom. The molecule has 5 nitrogen and oxygen atoms in total. The molecule has 0 aliphatic rings. The molecular weight excluding hydrogens is 597 g/mol. The van der Waals surface area contributed by atoms with E-state index in [2.05, 4.69) is 103 Å². The first-order valence-electron chi connectivity index (χ1n) is 18.3. The van der Waals surface area contributed by atoms with Crippen molar-refractivity contribution in [3.05, 3.63) is 73.0 Å². The third-order valence-corrected chi connectivity index (χ3v) is 11.1. The number of nitrogens with zero attached hydrogens (tertiary/aromatic N) is 1. The third-order valence-electron chi connectivity index (χ3n) is 8.84. The van der Waals surface area contributed by atoms with Gasteiger partial charge in [-0.3, -0.25) is 0 Å². The highest BCUT2D eigenvalue weighted by Gasteiger charge is 2.15. The van der Waals surface area contributed by atoms with Crippen LogP contribution in [0.5, 0.6) is 0 Å². The first-order chi connectivity index (χ1) is 22.2. The lowest BCUT2D eigenvalue weighted by Crippen LogP contribution is -2.29. The van der Waals surface area contributed by atoms with Gasteiger partial charge in [0, 0.05) is 56.5 Å². The molecule has 2 atom stereocenters. The third kappa shape index (κ3) is 24.9. The van der Waals surface area contributed by atoms with Gasteiger partial charge >= 0.3 is 0 Å². The predicted octanol–water partition coefficient (Wildman–Crippen LogP) is 10.9. The van der Waals surface area contributed by atoms with E-state index in [9.17, 15) is 0 Å². The van der Waals surface area contributed by atoms with Crippen LogP contribution in [0.15, 0.2) is 73.0 Å². The molecular formula is C41H76N3O2P. The first-order valence-corrected chi connectivity index (χ1v) is 20.3. The molecule has 0 fully saturated rings. The van der Waals surface area contributed by atoms with Gasteiger partial charge < -0.3 is 25.0 Å². The molecule has 0 saturated carbocycles. The minimum absolute atomic E-state index is 0.172.